The average molecular weight is 263 g/mol. The summed E-state index contributed by atoms with van der Waals surface area (Å²) in [7, 11) is 2.03. The van der Waals surface area contributed by atoms with Crippen LogP contribution in [0.3, 0.4) is 0 Å². The second-order valence-electron chi connectivity index (χ2n) is 4.19. The third kappa shape index (κ3) is 3.05. The quantitative estimate of drug-likeness (QED) is 0.896. The molecule has 0 radical (unpaired) electrons. The number of pyridine rings is 1. The summed E-state index contributed by atoms with van der Waals surface area (Å²) in [6.07, 6.45) is 4.59. The number of aliphatic hydroxyl groups is 1. The van der Waals surface area contributed by atoms with Gasteiger partial charge in [-0.2, -0.15) is 0 Å². The van der Waals surface area contributed by atoms with Crippen LogP contribution in [0.2, 0.25) is 0 Å². The molecule has 0 aliphatic carbocycles. The second kappa shape index (κ2) is 5.93. The van der Waals surface area contributed by atoms with Gasteiger partial charge in [-0.3, -0.25) is 4.98 Å². The first-order valence-corrected chi connectivity index (χ1v) is 6.69. The molecule has 0 saturated heterocycles. The van der Waals surface area contributed by atoms with Gasteiger partial charge in [-0.15, -0.1) is 0 Å². The van der Waals surface area contributed by atoms with Crippen molar-refractivity contribution in [3.05, 3.63) is 40.7 Å². The second-order valence-corrected chi connectivity index (χ2v) is 5.25. The largest absolute Gasteiger partial charge is 0.391 e. The fraction of sp³-hybridized carbons (Fsp3) is 0.385. The predicted molar refractivity (Wildman–Crippen MR) is 74.0 cm³/mol. The Balaban J connectivity index is 1.97. The Morgan fingerprint density at radius 1 is 1.33 bits per heavy atom. The van der Waals surface area contributed by atoms with Crippen molar-refractivity contribution < 1.29 is 5.11 Å². The number of rotatable bonds is 5. The van der Waals surface area contributed by atoms with Gasteiger partial charge in [-0.25, -0.2) is 4.98 Å². The Morgan fingerprint density at radius 2 is 2.06 bits per heavy atom. The van der Waals surface area contributed by atoms with E-state index in [1.165, 1.54) is 5.56 Å². The van der Waals surface area contributed by atoms with E-state index < -0.39 is 0 Å². The number of aliphatic hydroxyl groups excluding tert-OH is 1. The number of anilines is 1. The fourth-order valence-electron chi connectivity index (χ4n) is 1.66. The van der Waals surface area contributed by atoms with Crippen LogP contribution < -0.4 is 4.90 Å². The molecule has 0 atom stereocenters. The van der Waals surface area contributed by atoms with E-state index in [9.17, 15) is 0 Å². The molecule has 0 unspecified atom stereocenters. The van der Waals surface area contributed by atoms with E-state index in [0.717, 1.165) is 28.7 Å². The van der Waals surface area contributed by atoms with Gasteiger partial charge in [-0.05, 0) is 31.0 Å². The molecule has 0 aliphatic heterocycles. The zero-order valence-corrected chi connectivity index (χ0v) is 11.4. The first-order valence-electron chi connectivity index (χ1n) is 5.88. The molecule has 96 valence electrons. The maximum absolute atomic E-state index is 9.17. The summed E-state index contributed by atoms with van der Waals surface area (Å²) in [6.45, 7) is 2.91. The highest BCUT2D eigenvalue weighted by atomic mass is 32.1. The average Bonchev–Trinajstić information content (AvgIpc) is 2.78. The van der Waals surface area contributed by atoms with Crippen LogP contribution in [0.5, 0.6) is 0 Å². The van der Waals surface area contributed by atoms with E-state index in [2.05, 4.69) is 14.9 Å². The molecule has 0 fully saturated rings. The van der Waals surface area contributed by atoms with E-state index >= 15 is 0 Å². The topological polar surface area (TPSA) is 49.2 Å². The van der Waals surface area contributed by atoms with Gasteiger partial charge in [0.2, 0.25) is 0 Å². The first-order chi connectivity index (χ1) is 8.70. The Kier molecular flexibility index (Phi) is 4.28. The van der Waals surface area contributed by atoms with Crippen molar-refractivity contribution in [3.8, 4) is 0 Å². The maximum Gasteiger partial charge on any atom is 0.185 e. The number of aryl methyl sites for hydroxylation is 1. The van der Waals surface area contributed by atoms with Gasteiger partial charge in [-0.1, -0.05) is 11.3 Å². The van der Waals surface area contributed by atoms with Gasteiger partial charge >= 0.3 is 0 Å². The summed E-state index contributed by atoms with van der Waals surface area (Å²) in [6, 6.07) is 4.06. The van der Waals surface area contributed by atoms with Crippen LogP contribution in [0.25, 0.3) is 0 Å². The molecular formula is C13H17N3OS. The minimum atomic E-state index is 0.0711. The highest BCUT2D eigenvalue weighted by Crippen LogP contribution is 2.25. The lowest BCUT2D eigenvalue weighted by molar-refractivity contribution is 0.284. The molecule has 2 aromatic heterocycles. The van der Waals surface area contributed by atoms with E-state index in [1.54, 1.807) is 11.3 Å². The molecule has 18 heavy (non-hydrogen) atoms. The molecule has 0 aromatic carbocycles. The lowest BCUT2D eigenvalue weighted by atomic mass is 10.2. The van der Waals surface area contributed by atoms with Gasteiger partial charge in [0.05, 0.1) is 17.2 Å². The first kappa shape index (κ1) is 13.0. The standard InChI is InChI=1S/C13H17N3OS/c1-10-12(9-17)18-13(15-10)16(2)8-5-11-3-6-14-7-4-11/h3-4,6-7,17H,5,8-9H2,1-2H3. The Morgan fingerprint density at radius 3 is 2.67 bits per heavy atom. The highest BCUT2D eigenvalue weighted by Gasteiger charge is 2.10. The molecule has 0 spiro atoms. The molecule has 5 heteroatoms. The lowest BCUT2D eigenvalue weighted by Crippen LogP contribution is -2.20. The molecule has 2 heterocycles. The molecule has 1 N–H and O–H groups in total. The van der Waals surface area contributed by atoms with Gasteiger partial charge in [0, 0.05) is 26.0 Å². The fourth-order valence-corrected chi connectivity index (χ4v) is 2.57. The highest BCUT2D eigenvalue weighted by molar-refractivity contribution is 7.15. The summed E-state index contributed by atoms with van der Waals surface area (Å²) in [5, 5.41) is 10.1. The Bertz CT molecular complexity index is 498. The Hall–Kier alpha value is -1.46. The number of nitrogens with zero attached hydrogens (tertiary/aromatic N) is 3. The maximum atomic E-state index is 9.17. The summed E-state index contributed by atoms with van der Waals surface area (Å²) in [5.41, 5.74) is 2.20. The van der Waals surface area contributed by atoms with E-state index in [1.807, 2.05) is 38.5 Å². The van der Waals surface area contributed by atoms with Crippen LogP contribution in [-0.4, -0.2) is 28.7 Å². The molecule has 0 saturated carbocycles. The summed E-state index contributed by atoms with van der Waals surface area (Å²) >= 11 is 1.56. The van der Waals surface area contributed by atoms with Gasteiger partial charge in [0.15, 0.2) is 5.13 Å². The van der Waals surface area contributed by atoms with Crippen molar-refractivity contribution in [1.29, 1.82) is 0 Å². The summed E-state index contributed by atoms with van der Waals surface area (Å²) in [5.74, 6) is 0. The number of thiazole rings is 1. The van der Waals surface area contributed by atoms with Gasteiger partial charge < -0.3 is 10.0 Å². The van der Waals surface area contributed by atoms with Crippen LogP contribution in [0.15, 0.2) is 24.5 Å². The number of aromatic nitrogens is 2. The van der Waals surface area contributed by atoms with Crippen molar-refractivity contribution in [2.24, 2.45) is 0 Å². The summed E-state index contributed by atoms with van der Waals surface area (Å²) < 4.78 is 0. The SMILES string of the molecule is Cc1nc(N(C)CCc2ccncc2)sc1CO. The lowest BCUT2D eigenvalue weighted by Gasteiger charge is -2.15. The van der Waals surface area contributed by atoms with Crippen LogP contribution in [-0.2, 0) is 13.0 Å². The summed E-state index contributed by atoms with van der Waals surface area (Å²) in [4.78, 5) is 11.5. The van der Waals surface area contributed by atoms with Gasteiger partial charge in [0.25, 0.3) is 0 Å². The number of hydrogen-bond acceptors (Lipinski definition) is 5. The van der Waals surface area contributed by atoms with Crippen LogP contribution in [0, 0.1) is 6.92 Å². The zero-order chi connectivity index (χ0) is 13.0. The van der Waals surface area contributed by atoms with Crippen LogP contribution in [0.4, 0.5) is 5.13 Å². The molecule has 4 nitrogen and oxygen atoms in total. The number of likely N-dealkylation sites (N-methyl/N-ethyl adjacent to an activating group) is 1. The molecule has 0 bridgehead atoms. The van der Waals surface area contributed by atoms with Crippen LogP contribution in [0.1, 0.15) is 16.1 Å². The molecule has 0 amide bonds. The van der Waals surface area contributed by atoms with Crippen molar-refractivity contribution in [1.82, 2.24) is 9.97 Å². The Labute approximate surface area is 111 Å². The van der Waals surface area contributed by atoms with Crippen molar-refractivity contribution in [2.75, 3.05) is 18.5 Å². The predicted octanol–water partition coefficient (Wildman–Crippen LogP) is 2.02. The minimum Gasteiger partial charge on any atom is -0.391 e. The smallest absolute Gasteiger partial charge is 0.185 e. The van der Waals surface area contributed by atoms with Crippen molar-refractivity contribution in [2.45, 2.75) is 20.0 Å². The molecule has 2 aromatic rings. The molecule has 0 aliphatic rings. The van der Waals surface area contributed by atoms with Crippen molar-refractivity contribution >= 4 is 16.5 Å². The monoisotopic (exact) mass is 263 g/mol. The third-order valence-corrected chi connectivity index (χ3v) is 4.09. The molecular weight excluding hydrogens is 246 g/mol. The van der Waals surface area contributed by atoms with E-state index in [4.69, 9.17) is 5.11 Å². The zero-order valence-electron chi connectivity index (χ0n) is 10.6. The minimum absolute atomic E-state index is 0.0711. The van der Waals surface area contributed by atoms with Crippen LogP contribution >= 0.6 is 11.3 Å². The third-order valence-electron chi connectivity index (χ3n) is 2.84. The normalized spacial score (nSPS) is 10.6. The van der Waals surface area contributed by atoms with E-state index in [-0.39, 0.29) is 6.61 Å². The van der Waals surface area contributed by atoms with Crippen molar-refractivity contribution in [3.63, 3.8) is 0 Å². The van der Waals surface area contributed by atoms with Gasteiger partial charge in [0.1, 0.15) is 0 Å². The number of hydrogen-bond donors (Lipinski definition) is 1. The molecule has 2 rings (SSSR count). The van der Waals surface area contributed by atoms with E-state index in [0.29, 0.717) is 0 Å².